The number of carbonyl (C=O) groups excluding carboxylic acids is 2. The first-order valence-electron chi connectivity index (χ1n) is 10.2. The van der Waals surface area contributed by atoms with Gasteiger partial charge in [-0.3, -0.25) is 0 Å². The Morgan fingerprint density at radius 1 is 0.606 bits per heavy atom. The Hall–Kier alpha value is -4.09. The van der Waals surface area contributed by atoms with Crippen molar-refractivity contribution < 1.29 is 19.1 Å². The fraction of sp³-hybridized carbons (Fsp3) is 0. The summed E-state index contributed by atoms with van der Waals surface area (Å²) in [6.45, 7) is 3.35. The zero-order valence-corrected chi connectivity index (χ0v) is 18.5. The molecule has 0 fully saturated rings. The summed E-state index contributed by atoms with van der Waals surface area (Å²) in [5, 5.41) is 0. The van der Waals surface area contributed by atoms with Gasteiger partial charge in [0.25, 0.3) is 0 Å². The maximum Gasteiger partial charge on any atom is 0.343 e. The monoisotopic (exact) mass is 453 g/mol. The first-order valence-corrected chi connectivity index (χ1v) is 11.5. The Balaban J connectivity index is 1.51. The van der Waals surface area contributed by atoms with E-state index in [1.807, 2.05) is 48.5 Å². The molecule has 0 heterocycles. The summed E-state index contributed by atoms with van der Waals surface area (Å²) in [4.78, 5) is 27.3. The van der Waals surface area contributed by atoms with Crippen molar-refractivity contribution >= 4 is 22.8 Å². The van der Waals surface area contributed by atoms with Gasteiger partial charge in [0.2, 0.25) is 0 Å². The fourth-order valence-corrected chi connectivity index (χ4v) is 5.23. The van der Waals surface area contributed by atoms with Crippen molar-refractivity contribution in [1.82, 2.24) is 0 Å². The van der Waals surface area contributed by atoms with Crippen LogP contribution in [0.3, 0.4) is 0 Å². The summed E-state index contributed by atoms with van der Waals surface area (Å²) in [6, 6.07) is 34.4. The van der Waals surface area contributed by atoms with E-state index in [-0.39, 0.29) is 10.9 Å². The maximum atomic E-state index is 12.5. The van der Waals surface area contributed by atoms with Crippen LogP contribution in [0.5, 0.6) is 11.5 Å². The number of hydrogen-bond acceptors (Lipinski definition) is 4. The third-order valence-electron chi connectivity index (χ3n) is 4.70. The highest BCUT2D eigenvalue weighted by atomic mass is 32.2. The molecule has 0 aliphatic carbocycles. The molecule has 0 spiro atoms. The quantitative estimate of drug-likeness (QED) is 0.147. The standard InChI is InChI=1S/C28H21O4S/c1-2-27(29)31-22-15-13-21(14-16-22)28(30)32-23-17-19-26(20-18-23)33(24-9-5-3-6-10-24)25-11-7-4-8-12-25/h2-20H,1H2/q+1. The van der Waals surface area contributed by atoms with Crippen molar-refractivity contribution in [2.45, 2.75) is 14.7 Å². The molecule has 0 aromatic heterocycles. The first kappa shape index (κ1) is 22.1. The highest BCUT2D eigenvalue weighted by molar-refractivity contribution is 7.97. The lowest BCUT2D eigenvalue weighted by Gasteiger charge is -2.09. The van der Waals surface area contributed by atoms with Gasteiger partial charge in [-0.2, -0.15) is 0 Å². The van der Waals surface area contributed by atoms with Crippen molar-refractivity contribution in [3.8, 4) is 11.5 Å². The molecule has 0 unspecified atom stereocenters. The molecule has 0 saturated heterocycles. The number of carbonyl (C=O) groups is 2. The van der Waals surface area contributed by atoms with Gasteiger partial charge in [0.15, 0.2) is 14.7 Å². The van der Waals surface area contributed by atoms with E-state index in [0.29, 0.717) is 17.1 Å². The topological polar surface area (TPSA) is 52.6 Å². The van der Waals surface area contributed by atoms with Crippen LogP contribution in [0, 0.1) is 0 Å². The SMILES string of the molecule is C=CC(=O)Oc1ccc(C(=O)Oc2ccc([S+](c3ccccc3)c3ccccc3)cc2)cc1. The molecule has 0 aliphatic rings. The predicted molar refractivity (Wildman–Crippen MR) is 129 cm³/mol. The van der Waals surface area contributed by atoms with Crippen molar-refractivity contribution in [3.63, 3.8) is 0 Å². The van der Waals surface area contributed by atoms with Gasteiger partial charge in [0.1, 0.15) is 11.5 Å². The zero-order chi connectivity index (χ0) is 23.0. The summed E-state index contributed by atoms with van der Waals surface area (Å²) < 4.78 is 10.5. The molecule has 5 heteroatoms. The van der Waals surface area contributed by atoms with Gasteiger partial charge in [-0.25, -0.2) is 9.59 Å². The third-order valence-corrected chi connectivity index (χ3v) is 6.93. The normalized spacial score (nSPS) is 10.5. The van der Waals surface area contributed by atoms with Gasteiger partial charge in [-0.1, -0.05) is 43.0 Å². The van der Waals surface area contributed by atoms with Gasteiger partial charge < -0.3 is 9.47 Å². The van der Waals surface area contributed by atoms with Crippen molar-refractivity contribution in [3.05, 3.63) is 127 Å². The van der Waals surface area contributed by atoms with Gasteiger partial charge >= 0.3 is 11.9 Å². The van der Waals surface area contributed by atoms with Crippen LogP contribution >= 0.6 is 0 Å². The minimum absolute atomic E-state index is 0.269. The van der Waals surface area contributed by atoms with E-state index in [2.05, 4.69) is 30.8 Å². The Morgan fingerprint density at radius 2 is 1.06 bits per heavy atom. The Labute approximate surface area is 195 Å². The molecule has 4 aromatic rings. The zero-order valence-electron chi connectivity index (χ0n) is 17.7. The van der Waals surface area contributed by atoms with Crippen LogP contribution < -0.4 is 9.47 Å². The van der Waals surface area contributed by atoms with Crippen LogP contribution in [0.15, 0.2) is 137 Å². The molecule has 4 rings (SSSR count). The molecule has 4 aromatic carbocycles. The van der Waals surface area contributed by atoms with E-state index in [9.17, 15) is 9.59 Å². The minimum Gasteiger partial charge on any atom is -0.423 e. The van der Waals surface area contributed by atoms with E-state index in [1.165, 1.54) is 21.9 Å². The molecule has 0 bridgehead atoms. The van der Waals surface area contributed by atoms with Crippen LogP contribution in [-0.2, 0) is 15.7 Å². The molecule has 0 aliphatic heterocycles. The predicted octanol–water partition coefficient (Wildman–Crippen LogP) is 6.09. The van der Waals surface area contributed by atoms with Gasteiger partial charge in [0.05, 0.1) is 16.5 Å². The molecule has 162 valence electrons. The molecule has 33 heavy (non-hydrogen) atoms. The molecular weight excluding hydrogens is 432 g/mol. The van der Waals surface area contributed by atoms with E-state index in [1.54, 1.807) is 24.3 Å². The average Bonchev–Trinajstić information content (AvgIpc) is 2.87. The van der Waals surface area contributed by atoms with Crippen LogP contribution in [0.2, 0.25) is 0 Å². The lowest BCUT2D eigenvalue weighted by Crippen LogP contribution is -2.09. The Kier molecular flexibility index (Phi) is 7.03. The van der Waals surface area contributed by atoms with E-state index in [4.69, 9.17) is 9.47 Å². The highest BCUT2D eigenvalue weighted by Crippen LogP contribution is 2.32. The lowest BCUT2D eigenvalue weighted by molar-refractivity contribution is -0.128. The number of ether oxygens (including phenoxy) is 2. The van der Waals surface area contributed by atoms with Crippen LogP contribution in [0.1, 0.15) is 10.4 Å². The fourth-order valence-electron chi connectivity index (χ4n) is 3.15. The maximum absolute atomic E-state index is 12.5. The largest absolute Gasteiger partial charge is 0.423 e. The second-order valence-electron chi connectivity index (χ2n) is 6.94. The number of rotatable bonds is 7. The lowest BCUT2D eigenvalue weighted by atomic mass is 10.2. The molecule has 0 atom stereocenters. The molecule has 4 nitrogen and oxygen atoms in total. The van der Waals surface area contributed by atoms with Crippen LogP contribution in [0.4, 0.5) is 0 Å². The van der Waals surface area contributed by atoms with E-state index in [0.717, 1.165) is 11.0 Å². The average molecular weight is 454 g/mol. The van der Waals surface area contributed by atoms with E-state index < -0.39 is 11.9 Å². The molecule has 0 saturated carbocycles. The molecular formula is C28H21O4S+. The first-order chi connectivity index (χ1) is 16.1. The molecule has 0 N–H and O–H groups in total. The summed E-state index contributed by atoms with van der Waals surface area (Å²) in [7, 11) is -0.269. The highest BCUT2D eigenvalue weighted by Gasteiger charge is 2.28. The molecule has 0 radical (unpaired) electrons. The van der Waals surface area contributed by atoms with Gasteiger partial charge in [-0.15, -0.1) is 0 Å². The summed E-state index contributed by atoms with van der Waals surface area (Å²) in [6.07, 6.45) is 1.08. The summed E-state index contributed by atoms with van der Waals surface area (Å²) in [5.74, 6) is -0.268. The number of hydrogen-bond donors (Lipinski definition) is 0. The van der Waals surface area contributed by atoms with Gasteiger partial charge in [-0.05, 0) is 72.8 Å². The Bertz CT molecular complexity index is 1200. The second kappa shape index (κ2) is 10.5. The minimum atomic E-state index is -0.560. The summed E-state index contributed by atoms with van der Waals surface area (Å²) >= 11 is 0. The smallest absolute Gasteiger partial charge is 0.343 e. The number of benzene rings is 4. The Morgan fingerprint density at radius 3 is 1.58 bits per heavy atom. The van der Waals surface area contributed by atoms with E-state index >= 15 is 0 Å². The van der Waals surface area contributed by atoms with Crippen LogP contribution in [-0.4, -0.2) is 11.9 Å². The summed E-state index contributed by atoms with van der Waals surface area (Å²) in [5.41, 5.74) is 0.353. The van der Waals surface area contributed by atoms with Crippen molar-refractivity contribution in [1.29, 1.82) is 0 Å². The van der Waals surface area contributed by atoms with Gasteiger partial charge in [0, 0.05) is 6.08 Å². The third kappa shape index (κ3) is 5.59. The number of esters is 2. The van der Waals surface area contributed by atoms with Crippen molar-refractivity contribution in [2.75, 3.05) is 0 Å². The molecule has 0 amide bonds. The van der Waals surface area contributed by atoms with Crippen LogP contribution in [0.25, 0.3) is 0 Å². The van der Waals surface area contributed by atoms with Crippen molar-refractivity contribution in [2.24, 2.45) is 0 Å². The second-order valence-corrected chi connectivity index (χ2v) is 8.97.